The molecular formula is C22H28ClN4O2+. The smallest absolute Gasteiger partial charge is 0.279 e. The number of carbonyl (C=O) groups is 2. The number of quaternary nitrogens is 1. The molecule has 3 N–H and O–H groups in total. The van der Waals surface area contributed by atoms with E-state index in [9.17, 15) is 9.59 Å². The van der Waals surface area contributed by atoms with Gasteiger partial charge in [0.05, 0.1) is 7.05 Å². The summed E-state index contributed by atoms with van der Waals surface area (Å²) in [7, 11) is 1.82. The van der Waals surface area contributed by atoms with Gasteiger partial charge in [0.25, 0.3) is 11.8 Å². The summed E-state index contributed by atoms with van der Waals surface area (Å²) in [5.41, 5.74) is 2.66. The van der Waals surface area contributed by atoms with Crippen LogP contribution in [0.4, 0.5) is 17.1 Å². The molecule has 6 nitrogen and oxygen atoms in total. The van der Waals surface area contributed by atoms with Crippen LogP contribution in [0.3, 0.4) is 0 Å². The first-order valence-corrected chi connectivity index (χ1v) is 10.4. The van der Waals surface area contributed by atoms with Crippen molar-refractivity contribution in [2.24, 2.45) is 0 Å². The first-order chi connectivity index (χ1) is 14.0. The second kappa shape index (κ2) is 10.3. The van der Waals surface area contributed by atoms with Gasteiger partial charge in [0.15, 0.2) is 13.1 Å². The standard InChI is InChI=1S/C22H27ClN4O2/c1-26(15-21(28)24-18-7-5-17(23)6-8-18)16-22(29)25-19-9-11-20(12-10-19)27-13-3-2-4-14-27/h5-12H,2-4,13-16H2,1H3,(H,24,28)(H,25,29)/p+1. The second-order valence-corrected chi connectivity index (χ2v) is 7.94. The fraction of sp³-hybridized carbons (Fsp3) is 0.364. The number of piperidine rings is 1. The zero-order chi connectivity index (χ0) is 20.6. The average Bonchev–Trinajstić information content (AvgIpc) is 2.70. The fourth-order valence-electron chi connectivity index (χ4n) is 3.46. The van der Waals surface area contributed by atoms with E-state index in [2.05, 4.69) is 27.7 Å². The van der Waals surface area contributed by atoms with Crippen LogP contribution < -0.4 is 20.4 Å². The number of amides is 2. The molecule has 1 saturated heterocycles. The Morgan fingerprint density at radius 2 is 1.34 bits per heavy atom. The molecular weight excluding hydrogens is 388 g/mol. The maximum atomic E-state index is 12.3. The minimum atomic E-state index is -0.150. The number of anilines is 3. The van der Waals surface area contributed by atoms with Crippen LogP contribution in [0.5, 0.6) is 0 Å². The number of rotatable bonds is 7. The highest BCUT2D eigenvalue weighted by Crippen LogP contribution is 2.21. The molecule has 0 aromatic heterocycles. The molecule has 2 aromatic rings. The molecule has 0 saturated carbocycles. The number of hydrogen-bond donors (Lipinski definition) is 3. The Morgan fingerprint density at radius 3 is 1.86 bits per heavy atom. The molecule has 7 heteroatoms. The Kier molecular flexibility index (Phi) is 7.49. The first-order valence-electron chi connectivity index (χ1n) is 10.0. The minimum Gasteiger partial charge on any atom is -0.372 e. The topological polar surface area (TPSA) is 65.9 Å². The highest BCUT2D eigenvalue weighted by Gasteiger charge is 2.15. The molecule has 154 valence electrons. The summed E-state index contributed by atoms with van der Waals surface area (Å²) in [6.45, 7) is 2.60. The number of carbonyl (C=O) groups excluding carboxylic acids is 2. The van der Waals surface area contributed by atoms with Crippen LogP contribution in [-0.4, -0.2) is 45.0 Å². The van der Waals surface area contributed by atoms with E-state index in [4.69, 9.17) is 11.6 Å². The van der Waals surface area contributed by atoms with E-state index >= 15 is 0 Å². The molecule has 29 heavy (non-hydrogen) atoms. The average molecular weight is 416 g/mol. The third-order valence-corrected chi connectivity index (χ3v) is 5.18. The Labute approximate surface area is 176 Å². The molecule has 1 aliphatic rings. The third-order valence-electron chi connectivity index (χ3n) is 4.92. The molecule has 0 bridgehead atoms. The van der Waals surface area contributed by atoms with Gasteiger partial charge in [-0.3, -0.25) is 9.59 Å². The summed E-state index contributed by atoms with van der Waals surface area (Å²) in [5.74, 6) is -0.268. The number of benzene rings is 2. The lowest BCUT2D eigenvalue weighted by Gasteiger charge is -2.28. The van der Waals surface area contributed by atoms with E-state index in [1.807, 2.05) is 19.2 Å². The van der Waals surface area contributed by atoms with Gasteiger partial charge in [-0.25, -0.2) is 0 Å². The van der Waals surface area contributed by atoms with Crippen LogP contribution in [0.25, 0.3) is 0 Å². The van der Waals surface area contributed by atoms with Gasteiger partial charge < -0.3 is 20.4 Å². The zero-order valence-electron chi connectivity index (χ0n) is 16.7. The van der Waals surface area contributed by atoms with Crippen LogP contribution in [0.15, 0.2) is 48.5 Å². The zero-order valence-corrected chi connectivity index (χ0v) is 17.5. The number of nitrogens with one attached hydrogen (secondary N) is 3. The Balaban J connectivity index is 1.43. The number of nitrogens with zero attached hydrogens (tertiary/aromatic N) is 1. The molecule has 1 atom stereocenters. The first kappa shape index (κ1) is 21.1. The molecule has 1 unspecified atom stereocenters. The Hall–Kier alpha value is -2.57. The maximum absolute atomic E-state index is 12.3. The van der Waals surface area contributed by atoms with Crippen molar-refractivity contribution in [2.45, 2.75) is 19.3 Å². The lowest BCUT2D eigenvalue weighted by atomic mass is 10.1. The summed E-state index contributed by atoms with van der Waals surface area (Å²) in [4.78, 5) is 27.6. The van der Waals surface area contributed by atoms with Crippen molar-refractivity contribution in [2.75, 3.05) is 48.8 Å². The summed E-state index contributed by atoms with van der Waals surface area (Å²) in [6.07, 6.45) is 3.77. The van der Waals surface area contributed by atoms with Crippen LogP contribution in [0.2, 0.25) is 5.02 Å². The van der Waals surface area contributed by atoms with E-state index in [1.54, 1.807) is 24.3 Å². The van der Waals surface area contributed by atoms with E-state index in [1.165, 1.54) is 24.9 Å². The molecule has 2 aromatic carbocycles. The summed E-state index contributed by atoms with van der Waals surface area (Å²) < 4.78 is 0. The van der Waals surface area contributed by atoms with E-state index < -0.39 is 0 Å². The van der Waals surface area contributed by atoms with Gasteiger partial charge in [0.2, 0.25) is 0 Å². The summed E-state index contributed by atoms with van der Waals surface area (Å²) in [6, 6.07) is 14.9. The Morgan fingerprint density at radius 1 is 0.862 bits per heavy atom. The van der Waals surface area contributed by atoms with Gasteiger partial charge in [-0.2, -0.15) is 0 Å². The van der Waals surface area contributed by atoms with Crippen molar-refractivity contribution in [3.8, 4) is 0 Å². The summed E-state index contributed by atoms with van der Waals surface area (Å²) >= 11 is 5.84. The van der Waals surface area contributed by atoms with Gasteiger partial charge >= 0.3 is 0 Å². The number of halogens is 1. The fourth-order valence-corrected chi connectivity index (χ4v) is 3.59. The van der Waals surface area contributed by atoms with E-state index in [0.717, 1.165) is 23.7 Å². The lowest BCUT2D eigenvalue weighted by molar-refractivity contribution is -0.862. The van der Waals surface area contributed by atoms with Gasteiger partial charge in [-0.1, -0.05) is 11.6 Å². The highest BCUT2D eigenvalue weighted by atomic mass is 35.5. The van der Waals surface area contributed by atoms with Gasteiger partial charge in [-0.15, -0.1) is 0 Å². The van der Waals surface area contributed by atoms with Gasteiger partial charge in [0, 0.05) is 35.2 Å². The Bertz CT molecular complexity index is 818. The largest absolute Gasteiger partial charge is 0.372 e. The minimum absolute atomic E-state index is 0.118. The summed E-state index contributed by atoms with van der Waals surface area (Å²) in [5, 5.41) is 6.33. The van der Waals surface area contributed by atoms with Crippen molar-refractivity contribution >= 4 is 40.5 Å². The molecule has 2 amide bonds. The molecule has 1 fully saturated rings. The number of hydrogen-bond acceptors (Lipinski definition) is 3. The predicted octanol–water partition coefficient (Wildman–Crippen LogP) is 2.42. The highest BCUT2D eigenvalue weighted by molar-refractivity contribution is 6.30. The number of likely N-dealkylation sites (N-methyl/N-ethyl adjacent to an activating group) is 1. The quantitative estimate of drug-likeness (QED) is 0.650. The van der Waals surface area contributed by atoms with Crippen LogP contribution in [-0.2, 0) is 9.59 Å². The monoisotopic (exact) mass is 415 g/mol. The third kappa shape index (κ3) is 6.76. The van der Waals surface area contributed by atoms with Crippen molar-refractivity contribution in [3.63, 3.8) is 0 Å². The molecule has 0 aliphatic carbocycles. The van der Waals surface area contributed by atoms with E-state index in [-0.39, 0.29) is 24.9 Å². The second-order valence-electron chi connectivity index (χ2n) is 7.51. The van der Waals surface area contributed by atoms with E-state index in [0.29, 0.717) is 10.7 Å². The van der Waals surface area contributed by atoms with Crippen LogP contribution in [0.1, 0.15) is 19.3 Å². The molecule has 3 rings (SSSR count). The van der Waals surface area contributed by atoms with Crippen LogP contribution in [0, 0.1) is 0 Å². The van der Waals surface area contributed by atoms with Crippen molar-refractivity contribution < 1.29 is 14.5 Å². The molecule has 1 aliphatic heterocycles. The van der Waals surface area contributed by atoms with Crippen LogP contribution >= 0.6 is 11.6 Å². The lowest BCUT2D eigenvalue weighted by Crippen LogP contribution is -3.11. The SMILES string of the molecule is C[NH+](CC(=O)Nc1ccc(Cl)cc1)CC(=O)Nc1ccc(N2CCCCC2)cc1. The maximum Gasteiger partial charge on any atom is 0.279 e. The molecule has 0 spiro atoms. The van der Waals surface area contributed by atoms with Crippen molar-refractivity contribution in [3.05, 3.63) is 53.6 Å². The molecule has 1 heterocycles. The van der Waals surface area contributed by atoms with Crippen molar-refractivity contribution in [1.82, 2.24) is 0 Å². The molecule has 0 radical (unpaired) electrons. The normalized spacial score (nSPS) is 14.9. The predicted molar refractivity (Wildman–Crippen MR) is 118 cm³/mol. The van der Waals surface area contributed by atoms with Crippen molar-refractivity contribution in [1.29, 1.82) is 0 Å². The van der Waals surface area contributed by atoms with Gasteiger partial charge in [-0.05, 0) is 67.8 Å². The van der Waals surface area contributed by atoms with Gasteiger partial charge in [0.1, 0.15) is 0 Å².